The van der Waals surface area contributed by atoms with E-state index >= 15 is 0 Å². The van der Waals surface area contributed by atoms with Crippen LogP contribution in [0.2, 0.25) is 0 Å². The van der Waals surface area contributed by atoms with E-state index in [-0.39, 0.29) is 5.91 Å². The van der Waals surface area contributed by atoms with Crippen molar-refractivity contribution >= 4 is 28.5 Å². The molecule has 0 fully saturated rings. The number of hydrogen-bond acceptors (Lipinski definition) is 4. The third-order valence-corrected chi connectivity index (χ3v) is 5.37. The molecule has 0 bridgehead atoms. The van der Waals surface area contributed by atoms with E-state index in [0.717, 1.165) is 29.7 Å². The Hall–Kier alpha value is -2.41. The van der Waals surface area contributed by atoms with Crippen LogP contribution >= 0.6 is 11.3 Å². The molecule has 0 unspecified atom stereocenters. The highest BCUT2D eigenvalue weighted by Gasteiger charge is 2.12. The van der Waals surface area contributed by atoms with Crippen LogP contribution in [0.1, 0.15) is 55.9 Å². The summed E-state index contributed by atoms with van der Waals surface area (Å²) in [6.45, 7) is 5.05. The molecular weight excluding hydrogens is 362 g/mol. The SMILES string of the molecule is CC(C)c1cnc(NC(=O)CCCCCN(Cc2ccccc2)C(=O)O)s1. The van der Waals surface area contributed by atoms with E-state index in [4.69, 9.17) is 0 Å². The summed E-state index contributed by atoms with van der Waals surface area (Å²) in [7, 11) is 0. The molecule has 7 heteroatoms. The number of aromatic nitrogens is 1. The van der Waals surface area contributed by atoms with Gasteiger partial charge < -0.3 is 15.3 Å². The first-order valence-corrected chi connectivity index (χ1v) is 10.0. The van der Waals surface area contributed by atoms with Crippen molar-refractivity contribution in [3.8, 4) is 0 Å². The van der Waals surface area contributed by atoms with Crippen molar-refractivity contribution in [1.29, 1.82) is 0 Å². The van der Waals surface area contributed by atoms with E-state index in [1.165, 1.54) is 16.2 Å². The molecule has 1 aromatic heterocycles. The molecule has 0 aliphatic rings. The lowest BCUT2D eigenvalue weighted by Crippen LogP contribution is -2.29. The number of rotatable bonds is 10. The molecule has 1 heterocycles. The summed E-state index contributed by atoms with van der Waals surface area (Å²) >= 11 is 1.51. The largest absolute Gasteiger partial charge is 0.465 e. The van der Waals surface area contributed by atoms with Crippen molar-refractivity contribution in [3.63, 3.8) is 0 Å². The van der Waals surface area contributed by atoms with E-state index in [0.29, 0.717) is 30.6 Å². The predicted octanol–water partition coefficient (Wildman–Crippen LogP) is 4.95. The summed E-state index contributed by atoms with van der Waals surface area (Å²) < 4.78 is 0. The fourth-order valence-corrected chi connectivity index (χ4v) is 3.44. The lowest BCUT2D eigenvalue weighted by molar-refractivity contribution is -0.116. The van der Waals surface area contributed by atoms with Crippen LogP contribution in [0.15, 0.2) is 36.5 Å². The molecule has 0 aliphatic carbocycles. The third-order valence-electron chi connectivity index (χ3n) is 4.16. The number of carbonyl (C=O) groups is 2. The van der Waals surface area contributed by atoms with Gasteiger partial charge in [0.2, 0.25) is 5.91 Å². The van der Waals surface area contributed by atoms with Gasteiger partial charge >= 0.3 is 6.09 Å². The van der Waals surface area contributed by atoms with Gasteiger partial charge in [0.1, 0.15) is 0 Å². The van der Waals surface area contributed by atoms with Crippen molar-refractivity contribution in [2.45, 2.75) is 52.0 Å². The number of carbonyl (C=O) groups excluding carboxylic acids is 1. The van der Waals surface area contributed by atoms with E-state index in [1.807, 2.05) is 30.3 Å². The maximum absolute atomic E-state index is 12.0. The zero-order valence-electron chi connectivity index (χ0n) is 15.9. The number of hydrogen-bond donors (Lipinski definition) is 2. The minimum Gasteiger partial charge on any atom is -0.465 e. The molecule has 2 aromatic rings. The van der Waals surface area contributed by atoms with Crippen molar-refractivity contribution in [2.24, 2.45) is 0 Å². The first-order valence-electron chi connectivity index (χ1n) is 9.23. The molecule has 146 valence electrons. The molecule has 2 N–H and O–H groups in total. The first-order chi connectivity index (χ1) is 13.0. The van der Waals surface area contributed by atoms with Gasteiger partial charge in [-0.15, -0.1) is 11.3 Å². The minimum absolute atomic E-state index is 0.0426. The monoisotopic (exact) mass is 389 g/mol. The lowest BCUT2D eigenvalue weighted by Gasteiger charge is -2.19. The number of anilines is 1. The summed E-state index contributed by atoms with van der Waals surface area (Å²) in [6.07, 6.45) is 3.58. The van der Waals surface area contributed by atoms with E-state index < -0.39 is 6.09 Å². The number of benzene rings is 1. The zero-order chi connectivity index (χ0) is 19.6. The smallest absolute Gasteiger partial charge is 0.407 e. The van der Waals surface area contributed by atoms with Gasteiger partial charge in [0.05, 0.1) is 0 Å². The topological polar surface area (TPSA) is 82.5 Å². The Bertz CT molecular complexity index is 731. The number of unbranched alkanes of at least 4 members (excludes halogenated alkanes) is 2. The van der Waals surface area contributed by atoms with Gasteiger partial charge in [0.25, 0.3) is 0 Å². The molecule has 0 spiro atoms. The molecule has 2 rings (SSSR count). The van der Waals surface area contributed by atoms with Gasteiger partial charge in [-0.25, -0.2) is 9.78 Å². The number of nitrogens with zero attached hydrogens (tertiary/aromatic N) is 2. The summed E-state index contributed by atoms with van der Waals surface area (Å²) in [4.78, 5) is 30.2. The van der Waals surface area contributed by atoms with Crippen molar-refractivity contribution in [2.75, 3.05) is 11.9 Å². The summed E-state index contributed by atoms with van der Waals surface area (Å²) in [6, 6.07) is 9.56. The number of thiazole rings is 1. The van der Waals surface area contributed by atoms with Crippen molar-refractivity contribution in [1.82, 2.24) is 9.88 Å². The fourth-order valence-electron chi connectivity index (χ4n) is 2.60. The number of nitrogens with one attached hydrogen (secondary N) is 1. The predicted molar refractivity (Wildman–Crippen MR) is 108 cm³/mol. The Morgan fingerprint density at radius 3 is 2.56 bits per heavy atom. The molecular formula is C20H27N3O3S. The molecule has 0 radical (unpaired) electrons. The van der Waals surface area contributed by atoms with Gasteiger partial charge in [-0.1, -0.05) is 50.6 Å². The van der Waals surface area contributed by atoms with E-state index in [1.54, 1.807) is 6.20 Å². The molecule has 1 aromatic carbocycles. The van der Waals surface area contributed by atoms with Gasteiger partial charge in [-0.3, -0.25) is 4.79 Å². The Morgan fingerprint density at radius 2 is 1.93 bits per heavy atom. The fraction of sp³-hybridized carbons (Fsp3) is 0.450. The van der Waals surface area contributed by atoms with Crippen LogP contribution in [-0.4, -0.2) is 33.5 Å². The van der Waals surface area contributed by atoms with Crippen LogP contribution in [0.4, 0.5) is 9.93 Å². The Morgan fingerprint density at radius 1 is 1.19 bits per heavy atom. The highest BCUT2D eigenvalue weighted by Crippen LogP contribution is 2.25. The van der Waals surface area contributed by atoms with Crippen molar-refractivity contribution < 1.29 is 14.7 Å². The number of carboxylic acid groups (broad SMARTS) is 1. The molecule has 27 heavy (non-hydrogen) atoms. The normalized spacial score (nSPS) is 10.8. The zero-order valence-corrected chi connectivity index (χ0v) is 16.7. The summed E-state index contributed by atoms with van der Waals surface area (Å²) in [5.74, 6) is 0.361. The second-order valence-corrected chi connectivity index (χ2v) is 7.83. The maximum Gasteiger partial charge on any atom is 0.407 e. The Balaban J connectivity index is 1.66. The van der Waals surface area contributed by atoms with Crippen LogP contribution in [0.3, 0.4) is 0 Å². The Kier molecular flexibility index (Phi) is 8.26. The van der Waals surface area contributed by atoms with Crippen molar-refractivity contribution in [3.05, 3.63) is 47.0 Å². The quantitative estimate of drug-likeness (QED) is 0.564. The second kappa shape index (κ2) is 10.7. The third kappa shape index (κ3) is 7.38. The minimum atomic E-state index is -0.915. The van der Waals surface area contributed by atoms with Gasteiger partial charge in [-0.2, -0.15) is 0 Å². The van der Waals surface area contributed by atoms with Crippen LogP contribution in [0.5, 0.6) is 0 Å². The molecule has 0 saturated carbocycles. The average molecular weight is 390 g/mol. The lowest BCUT2D eigenvalue weighted by atomic mass is 10.1. The second-order valence-electron chi connectivity index (χ2n) is 6.77. The van der Waals surface area contributed by atoms with E-state index in [9.17, 15) is 14.7 Å². The summed E-state index contributed by atoms with van der Waals surface area (Å²) in [5.41, 5.74) is 0.975. The number of amides is 2. The van der Waals surface area contributed by atoms with Gasteiger partial charge in [0, 0.05) is 30.6 Å². The van der Waals surface area contributed by atoms with Gasteiger partial charge in [0.15, 0.2) is 5.13 Å². The highest BCUT2D eigenvalue weighted by atomic mass is 32.1. The van der Waals surface area contributed by atoms with Crippen LogP contribution in [-0.2, 0) is 11.3 Å². The molecule has 0 atom stereocenters. The molecule has 0 aliphatic heterocycles. The van der Waals surface area contributed by atoms with Crippen LogP contribution in [0.25, 0.3) is 0 Å². The standard InChI is InChI=1S/C20H27N3O3S/c1-15(2)17-13-21-19(27-17)22-18(24)11-7-4-8-12-23(20(25)26)14-16-9-5-3-6-10-16/h3,5-6,9-10,13,15H,4,7-8,11-12,14H2,1-2H3,(H,25,26)(H,21,22,24). The average Bonchev–Trinajstić information content (AvgIpc) is 3.10. The maximum atomic E-state index is 12.0. The first kappa shape index (κ1) is 20.9. The Labute approximate surface area is 164 Å². The van der Waals surface area contributed by atoms with Gasteiger partial charge in [-0.05, 0) is 24.3 Å². The highest BCUT2D eigenvalue weighted by molar-refractivity contribution is 7.15. The molecule has 2 amide bonds. The molecule has 0 saturated heterocycles. The van der Waals surface area contributed by atoms with E-state index in [2.05, 4.69) is 24.1 Å². The van der Waals surface area contributed by atoms with Crippen LogP contribution in [0, 0.1) is 0 Å². The van der Waals surface area contributed by atoms with Crippen LogP contribution < -0.4 is 5.32 Å². The summed E-state index contributed by atoms with van der Waals surface area (Å²) in [5, 5.41) is 12.8. The molecule has 6 nitrogen and oxygen atoms in total.